The minimum absolute atomic E-state index is 0.0215. The van der Waals surface area contributed by atoms with Crippen LogP contribution in [0.2, 0.25) is 0 Å². The fourth-order valence-corrected chi connectivity index (χ4v) is 3.52. The van der Waals surface area contributed by atoms with Gasteiger partial charge in [0.2, 0.25) is 5.91 Å². The van der Waals surface area contributed by atoms with Gasteiger partial charge in [-0.15, -0.1) is 0 Å². The first kappa shape index (κ1) is 16.7. The van der Waals surface area contributed by atoms with E-state index in [4.69, 9.17) is 0 Å². The highest BCUT2D eigenvalue weighted by Crippen LogP contribution is 2.29. The normalized spacial score (nSPS) is 24.5. The molecule has 6 nitrogen and oxygen atoms in total. The van der Waals surface area contributed by atoms with Crippen LogP contribution >= 0.6 is 0 Å². The van der Waals surface area contributed by atoms with Gasteiger partial charge in [-0.05, 0) is 25.0 Å². The van der Waals surface area contributed by atoms with Gasteiger partial charge in [-0.25, -0.2) is 4.79 Å². The lowest BCUT2D eigenvalue weighted by atomic mass is 9.82. The molecule has 1 aliphatic carbocycles. The molecule has 1 saturated heterocycles. The topological polar surface area (TPSA) is 82.3 Å². The van der Waals surface area contributed by atoms with Gasteiger partial charge in [0.25, 0.3) is 5.56 Å². The van der Waals surface area contributed by atoms with Crippen LogP contribution in [-0.2, 0) is 16.8 Å². The number of hydrogen-bond donors (Lipinski definition) is 2. The molecule has 2 atom stereocenters. The Morgan fingerprint density at radius 1 is 1.12 bits per heavy atom. The number of nitrogens with zero attached hydrogens (tertiary/aromatic N) is 1. The smallest absolute Gasteiger partial charge is 0.324 e. The van der Waals surface area contributed by atoms with E-state index in [0.717, 1.165) is 31.4 Å². The van der Waals surface area contributed by atoms with Crippen molar-refractivity contribution in [1.29, 1.82) is 0 Å². The van der Waals surface area contributed by atoms with Crippen molar-refractivity contribution in [3.63, 3.8) is 0 Å². The van der Waals surface area contributed by atoms with Crippen molar-refractivity contribution in [3.05, 3.63) is 33.7 Å². The number of H-pyrrole nitrogens is 1. The second-order valence-corrected chi connectivity index (χ2v) is 7.85. The van der Waals surface area contributed by atoms with Crippen molar-refractivity contribution < 1.29 is 9.59 Å². The zero-order valence-corrected chi connectivity index (χ0v) is 14.5. The zero-order chi connectivity index (χ0) is 17.5. The maximum Gasteiger partial charge on any atom is 0.324 e. The highest BCUT2D eigenvalue weighted by atomic mass is 16.2. The first-order valence-electron chi connectivity index (χ1n) is 8.62. The molecule has 0 unspecified atom stereocenters. The summed E-state index contributed by atoms with van der Waals surface area (Å²) in [6.07, 6.45) is 3.72. The largest absolute Gasteiger partial charge is 0.334 e. The quantitative estimate of drug-likeness (QED) is 0.872. The van der Waals surface area contributed by atoms with Crippen molar-refractivity contribution >= 4 is 11.9 Å². The lowest BCUT2D eigenvalue weighted by Gasteiger charge is -2.39. The maximum absolute atomic E-state index is 12.7. The van der Waals surface area contributed by atoms with Crippen molar-refractivity contribution in [1.82, 2.24) is 15.2 Å². The Morgan fingerprint density at radius 3 is 2.50 bits per heavy atom. The molecule has 0 spiro atoms. The van der Waals surface area contributed by atoms with Crippen LogP contribution in [0.5, 0.6) is 0 Å². The molecule has 24 heavy (non-hydrogen) atoms. The molecular weight excluding hydrogens is 306 g/mol. The average Bonchev–Trinajstić information content (AvgIpc) is 2.51. The molecule has 1 aliphatic heterocycles. The fraction of sp³-hybridized carbons (Fsp3) is 0.611. The third-order valence-electron chi connectivity index (χ3n) is 5.03. The van der Waals surface area contributed by atoms with E-state index in [-0.39, 0.29) is 41.4 Å². The molecule has 0 aromatic carbocycles. The second-order valence-electron chi connectivity index (χ2n) is 7.85. The van der Waals surface area contributed by atoms with Gasteiger partial charge >= 0.3 is 6.03 Å². The van der Waals surface area contributed by atoms with Crippen LogP contribution in [0.3, 0.4) is 0 Å². The number of imide groups is 1. The number of urea groups is 1. The summed E-state index contributed by atoms with van der Waals surface area (Å²) < 4.78 is 0. The lowest BCUT2D eigenvalue weighted by molar-refractivity contribution is -0.137. The Kier molecular flexibility index (Phi) is 4.24. The van der Waals surface area contributed by atoms with E-state index in [2.05, 4.69) is 10.3 Å². The van der Waals surface area contributed by atoms with Gasteiger partial charge in [-0.2, -0.15) is 0 Å². The number of carbonyl (C=O) groups excluding carboxylic acids is 2. The molecule has 2 N–H and O–H groups in total. The van der Waals surface area contributed by atoms with Crippen LogP contribution in [-0.4, -0.2) is 27.9 Å². The van der Waals surface area contributed by atoms with Gasteiger partial charge < -0.3 is 10.3 Å². The number of aromatic amines is 1. The highest BCUT2D eigenvalue weighted by Gasteiger charge is 2.42. The molecule has 1 aromatic heterocycles. The molecule has 1 aromatic rings. The van der Waals surface area contributed by atoms with Crippen molar-refractivity contribution in [3.8, 4) is 0 Å². The van der Waals surface area contributed by atoms with Crippen LogP contribution < -0.4 is 10.9 Å². The Labute approximate surface area is 141 Å². The number of nitrogens with one attached hydrogen (secondary N) is 2. The van der Waals surface area contributed by atoms with Crippen LogP contribution in [0, 0.1) is 5.92 Å². The van der Waals surface area contributed by atoms with Gasteiger partial charge in [0.15, 0.2) is 0 Å². The van der Waals surface area contributed by atoms with Crippen LogP contribution in [0.25, 0.3) is 0 Å². The fourth-order valence-electron chi connectivity index (χ4n) is 3.52. The van der Waals surface area contributed by atoms with Crippen molar-refractivity contribution in [2.24, 2.45) is 5.92 Å². The standard InChI is InChI=1S/C18H25N3O3/c1-18(2,3)14-9-8-11(15(22)20-14)10-21-16(23)12-6-4-5-7-13(12)19-17(21)24/h8-9,12-13H,4-7,10H2,1-3H3,(H,19,24)(H,20,22)/t12-,13+/m0/s1. The van der Waals surface area contributed by atoms with E-state index in [9.17, 15) is 14.4 Å². The summed E-state index contributed by atoms with van der Waals surface area (Å²) in [5.41, 5.74) is 0.860. The van der Waals surface area contributed by atoms with E-state index < -0.39 is 0 Å². The Balaban J connectivity index is 1.81. The maximum atomic E-state index is 12.7. The molecule has 3 rings (SSSR count). The molecule has 2 fully saturated rings. The molecule has 3 amide bonds. The monoisotopic (exact) mass is 331 g/mol. The number of fused-ring (bicyclic) bond motifs is 1. The number of carbonyl (C=O) groups is 2. The molecule has 2 aliphatic rings. The SMILES string of the molecule is CC(C)(C)c1ccc(CN2C(=O)N[C@@H]3CCCC[C@@H]3C2=O)c(=O)[nH]1. The first-order chi connectivity index (χ1) is 11.3. The summed E-state index contributed by atoms with van der Waals surface area (Å²) in [5, 5.41) is 2.93. The Hall–Kier alpha value is -2.11. The predicted octanol–water partition coefficient (Wildman–Crippen LogP) is 2.28. The third-order valence-corrected chi connectivity index (χ3v) is 5.03. The summed E-state index contributed by atoms with van der Waals surface area (Å²) in [6.45, 7) is 6.07. The number of aromatic nitrogens is 1. The van der Waals surface area contributed by atoms with Crippen molar-refractivity contribution in [2.45, 2.75) is 64.5 Å². The van der Waals surface area contributed by atoms with Crippen LogP contribution in [0.15, 0.2) is 16.9 Å². The van der Waals surface area contributed by atoms with E-state index >= 15 is 0 Å². The number of amides is 3. The minimum atomic E-state index is -0.387. The highest BCUT2D eigenvalue weighted by molar-refractivity contribution is 5.98. The van der Waals surface area contributed by atoms with Gasteiger partial charge in [0.1, 0.15) is 0 Å². The van der Waals surface area contributed by atoms with E-state index in [1.807, 2.05) is 26.8 Å². The average molecular weight is 331 g/mol. The van der Waals surface area contributed by atoms with E-state index in [0.29, 0.717) is 5.56 Å². The third kappa shape index (κ3) is 3.09. The van der Waals surface area contributed by atoms with Crippen LogP contribution in [0.1, 0.15) is 57.7 Å². The molecule has 2 heterocycles. The second kappa shape index (κ2) is 6.07. The molecular formula is C18H25N3O3. The van der Waals surface area contributed by atoms with Gasteiger partial charge in [0, 0.05) is 22.7 Å². The summed E-state index contributed by atoms with van der Waals surface area (Å²) in [4.78, 5) is 41.3. The summed E-state index contributed by atoms with van der Waals surface area (Å²) in [7, 11) is 0. The minimum Gasteiger partial charge on any atom is -0.334 e. The zero-order valence-electron chi connectivity index (χ0n) is 14.5. The summed E-state index contributed by atoms with van der Waals surface area (Å²) in [6, 6.07) is 3.14. The lowest BCUT2D eigenvalue weighted by Crippen LogP contribution is -2.60. The molecule has 6 heteroatoms. The van der Waals surface area contributed by atoms with Gasteiger partial charge in [0.05, 0.1) is 12.5 Å². The molecule has 1 saturated carbocycles. The molecule has 0 radical (unpaired) electrons. The summed E-state index contributed by atoms with van der Waals surface area (Å²) in [5.74, 6) is -0.299. The van der Waals surface area contributed by atoms with Gasteiger partial charge in [-0.3, -0.25) is 14.5 Å². The molecule has 130 valence electrons. The van der Waals surface area contributed by atoms with E-state index in [1.165, 1.54) is 4.90 Å². The first-order valence-corrected chi connectivity index (χ1v) is 8.62. The van der Waals surface area contributed by atoms with Crippen molar-refractivity contribution in [2.75, 3.05) is 0 Å². The Morgan fingerprint density at radius 2 is 1.83 bits per heavy atom. The molecule has 0 bridgehead atoms. The number of pyridine rings is 1. The number of hydrogen-bond acceptors (Lipinski definition) is 3. The number of rotatable bonds is 2. The summed E-state index contributed by atoms with van der Waals surface area (Å²) >= 11 is 0. The Bertz CT molecular complexity index is 717. The van der Waals surface area contributed by atoms with Crippen LogP contribution in [0.4, 0.5) is 4.79 Å². The van der Waals surface area contributed by atoms with E-state index in [1.54, 1.807) is 6.07 Å². The predicted molar refractivity (Wildman–Crippen MR) is 90.6 cm³/mol. The van der Waals surface area contributed by atoms with Gasteiger partial charge in [-0.1, -0.05) is 33.6 Å².